The minimum Gasteiger partial charge on any atom is -0.481 e. The fraction of sp³-hybridized carbons (Fsp3) is 0.882. The molecule has 1 aliphatic rings. The summed E-state index contributed by atoms with van der Waals surface area (Å²) in [4.78, 5) is 24.1. The smallest absolute Gasteiger partial charge is 0.410 e. The summed E-state index contributed by atoms with van der Waals surface area (Å²) in [6.07, 6.45) is 6.36. The summed E-state index contributed by atoms with van der Waals surface area (Å²) in [5.41, 5.74) is -0.451. The van der Waals surface area contributed by atoms with E-state index in [0.29, 0.717) is 11.8 Å². The molecular formula is C17H31NO4. The van der Waals surface area contributed by atoms with Crippen LogP contribution in [-0.4, -0.2) is 41.3 Å². The molecule has 1 amide bonds. The molecule has 0 aromatic heterocycles. The van der Waals surface area contributed by atoms with Gasteiger partial charge in [0.1, 0.15) is 5.60 Å². The molecule has 0 aliphatic heterocycles. The zero-order chi connectivity index (χ0) is 16.8. The minimum absolute atomic E-state index is 0.261. The van der Waals surface area contributed by atoms with E-state index in [1.165, 1.54) is 0 Å². The molecule has 5 heteroatoms. The molecule has 0 heterocycles. The Kier molecular flexibility index (Phi) is 7.17. The Morgan fingerprint density at radius 2 is 1.59 bits per heavy atom. The molecule has 128 valence electrons. The monoisotopic (exact) mass is 313 g/mol. The van der Waals surface area contributed by atoms with E-state index in [1.54, 1.807) is 11.9 Å². The second-order valence-electron chi connectivity index (χ2n) is 7.51. The van der Waals surface area contributed by atoms with Gasteiger partial charge in [0.05, 0.1) is 0 Å². The largest absolute Gasteiger partial charge is 0.481 e. The highest BCUT2D eigenvalue weighted by Gasteiger charge is 2.24. The molecule has 0 bridgehead atoms. The summed E-state index contributed by atoms with van der Waals surface area (Å²) in [7, 11) is 1.78. The maximum absolute atomic E-state index is 11.9. The van der Waals surface area contributed by atoms with Gasteiger partial charge in [-0.25, -0.2) is 4.79 Å². The highest BCUT2D eigenvalue weighted by molar-refractivity contribution is 5.67. The van der Waals surface area contributed by atoms with Gasteiger partial charge in [-0.3, -0.25) is 4.79 Å². The van der Waals surface area contributed by atoms with Crippen molar-refractivity contribution in [1.29, 1.82) is 0 Å². The van der Waals surface area contributed by atoms with Crippen LogP contribution in [-0.2, 0) is 9.53 Å². The van der Waals surface area contributed by atoms with E-state index >= 15 is 0 Å². The van der Waals surface area contributed by atoms with Gasteiger partial charge in [-0.15, -0.1) is 0 Å². The van der Waals surface area contributed by atoms with Gasteiger partial charge in [-0.2, -0.15) is 0 Å². The van der Waals surface area contributed by atoms with Crippen LogP contribution >= 0.6 is 0 Å². The summed E-state index contributed by atoms with van der Waals surface area (Å²) in [5.74, 6) is 0.517. The third-order valence-corrected chi connectivity index (χ3v) is 4.31. The topological polar surface area (TPSA) is 66.8 Å². The molecule has 1 N–H and O–H groups in total. The second kappa shape index (κ2) is 8.39. The van der Waals surface area contributed by atoms with Gasteiger partial charge < -0.3 is 14.7 Å². The molecule has 1 aliphatic carbocycles. The van der Waals surface area contributed by atoms with Crippen LogP contribution in [0.1, 0.15) is 65.7 Å². The molecule has 0 aromatic rings. The Balaban J connectivity index is 2.21. The number of carbonyl (C=O) groups is 2. The molecule has 1 fully saturated rings. The summed E-state index contributed by atoms with van der Waals surface area (Å²) in [6.45, 7) is 6.34. The van der Waals surface area contributed by atoms with Crippen molar-refractivity contribution in [3.8, 4) is 0 Å². The van der Waals surface area contributed by atoms with Crippen molar-refractivity contribution in [2.24, 2.45) is 11.8 Å². The fourth-order valence-corrected chi connectivity index (χ4v) is 2.94. The van der Waals surface area contributed by atoms with E-state index in [2.05, 4.69) is 0 Å². The van der Waals surface area contributed by atoms with Crippen LogP contribution in [0.25, 0.3) is 0 Å². The lowest BCUT2D eigenvalue weighted by atomic mass is 9.79. The molecule has 0 atom stereocenters. The fourth-order valence-electron chi connectivity index (χ4n) is 2.94. The molecule has 0 saturated heterocycles. The van der Waals surface area contributed by atoms with E-state index in [0.717, 1.165) is 45.1 Å². The number of aliphatic carboxylic acids is 1. The molecule has 5 nitrogen and oxygen atoms in total. The van der Waals surface area contributed by atoms with E-state index in [9.17, 15) is 9.59 Å². The molecule has 0 radical (unpaired) electrons. The zero-order valence-electron chi connectivity index (χ0n) is 14.4. The normalized spacial score (nSPS) is 22.2. The van der Waals surface area contributed by atoms with E-state index in [-0.39, 0.29) is 12.5 Å². The van der Waals surface area contributed by atoms with Crippen molar-refractivity contribution in [1.82, 2.24) is 4.90 Å². The zero-order valence-corrected chi connectivity index (χ0v) is 14.4. The first-order chi connectivity index (χ1) is 10.2. The van der Waals surface area contributed by atoms with Crippen molar-refractivity contribution < 1.29 is 19.4 Å². The first-order valence-corrected chi connectivity index (χ1v) is 8.33. The highest BCUT2D eigenvalue weighted by Crippen LogP contribution is 2.33. The number of ether oxygens (including phenoxy) is 1. The van der Waals surface area contributed by atoms with Crippen molar-refractivity contribution in [3.63, 3.8) is 0 Å². The number of carbonyl (C=O) groups excluding carboxylic acids is 1. The van der Waals surface area contributed by atoms with Crippen molar-refractivity contribution in [3.05, 3.63) is 0 Å². The van der Waals surface area contributed by atoms with Gasteiger partial charge in [-0.1, -0.05) is 25.7 Å². The van der Waals surface area contributed by atoms with Crippen molar-refractivity contribution >= 4 is 12.1 Å². The first-order valence-electron chi connectivity index (χ1n) is 8.33. The third kappa shape index (κ3) is 7.66. The molecule has 0 aromatic carbocycles. The van der Waals surface area contributed by atoms with Crippen molar-refractivity contribution in [2.75, 3.05) is 13.6 Å². The molecule has 1 saturated carbocycles. The minimum atomic E-state index is -0.693. The average Bonchev–Trinajstić information content (AvgIpc) is 2.41. The molecular weight excluding hydrogens is 282 g/mol. The summed E-state index contributed by atoms with van der Waals surface area (Å²) >= 11 is 0. The highest BCUT2D eigenvalue weighted by atomic mass is 16.6. The maximum Gasteiger partial charge on any atom is 0.410 e. The Bertz CT molecular complexity index is 367. The lowest BCUT2D eigenvalue weighted by Crippen LogP contribution is -2.35. The number of nitrogens with zero attached hydrogens (tertiary/aromatic N) is 1. The Hall–Kier alpha value is -1.26. The predicted octanol–water partition coefficient (Wildman–Crippen LogP) is 3.91. The Labute approximate surface area is 134 Å². The maximum atomic E-state index is 11.9. The Morgan fingerprint density at radius 3 is 2.05 bits per heavy atom. The summed E-state index contributed by atoms with van der Waals surface area (Å²) in [6, 6.07) is 0. The van der Waals surface area contributed by atoms with E-state index in [4.69, 9.17) is 9.84 Å². The SMILES string of the molecule is CN(CCC1CCC(CCC(=O)O)CC1)C(=O)OC(C)(C)C. The second-order valence-corrected chi connectivity index (χ2v) is 7.51. The van der Waals surface area contributed by atoms with Crippen LogP contribution in [0.2, 0.25) is 0 Å². The molecule has 1 rings (SSSR count). The van der Waals surface area contributed by atoms with Gasteiger partial charge >= 0.3 is 12.1 Å². The van der Waals surface area contributed by atoms with Crippen LogP contribution in [0.4, 0.5) is 4.79 Å². The summed E-state index contributed by atoms with van der Waals surface area (Å²) < 4.78 is 5.34. The number of amides is 1. The standard InChI is InChI=1S/C17H31NO4/c1-17(2,3)22-16(21)18(4)12-11-14-7-5-13(6-8-14)9-10-15(19)20/h13-14H,5-12H2,1-4H3,(H,19,20). The van der Waals surface area contributed by atoms with E-state index < -0.39 is 11.6 Å². The van der Waals surface area contributed by atoms with Crippen LogP contribution in [0.15, 0.2) is 0 Å². The number of rotatable bonds is 6. The van der Waals surface area contributed by atoms with Crippen LogP contribution in [0.5, 0.6) is 0 Å². The number of hydrogen-bond donors (Lipinski definition) is 1. The molecule has 22 heavy (non-hydrogen) atoms. The average molecular weight is 313 g/mol. The Morgan fingerprint density at radius 1 is 1.09 bits per heavy atom. The number of carboxylic acid groups (broad SMARTS) is 1. The molecule has 0 spiro atoms. The van der Waals surface area contributed by atoms with Crippen molar-refractivity contribution in [2.45, 2.75) is 71.3 Å². The van der Waals surface area contributed by atoms with Gasteiger partial charge in [0.15, 0.2) is 0 Å². The van der Waals surface area contributed by atoms with Crippen LogP contribution in [0, 0.1) is 11.8 Å². The van der Waals surface area contributed by atoms with Gasteiger partial charge in [0.25, 0.3) is 0 Å². The van der Waals surface area contributed by atoms with Gasteiger partial charge in [0.2, 0.25) is 0 Å². The number of carboxylic acids is 1. The van der Waals surface area contributed by atoms with E-state index in [1.807, 2.05) is 20.8 Å². The first kappa shape index (κ1) is 18.8. The quantitative estimate of drug-likeness (QED) is 0.807. The van der Waals surface area contributed by atoms with Crippen LogP contribution in [0.3, 0.4) is 0 Å². The lowest BCUT2D eigenvalue weighted by molar-refractivity contribution is -0.137. The van der Waals surface area contributed by atoms with Gasteiger partial charge in [-0.05, 0) is 45.4 Å². The third-order valence-electron chi connectivity index (χ3n) is 4.31. The molecule has 0 unspecified atom stereocenters. The van der Waals surface area contributed by atoms with Crippen LogP contribution < -0.4 is 0 Å². The van der Waals surface area contributed by atoms with Gasteiger partial charge in [0, 0.05) is 20.0 Å². The summed E-state index contributed by atoms with van der Waals surface area (Å²) in [5, 5.41) is 8.72. The predicted molar refractivity (Wildman–Crippen MR) is 85.8 cm³/mol. The lowest BCUT2D eigenvalue weighted by Gasteiger charge is -2.30. The number of hydrogen-bond acceptors (Lipinski definition) is 3.